The van der Waals surface area contributed by atoms with Crippen molar-refractivity contribution in [1.82, 2.24) is 10.2 Å². The Morgan fingerprint density at radius 3 is 2.21 bits per heavy atom. The molecule has 0 spiro atoms. The Bertz CT molecular complexity index is 1340. The van der Waals surface area contributed by atoms with Gasteiger partial charge in [-0.2, -0.15) is 0 Å². The largest absolute Gasteiger partial charge is 0.354 e. The molecule has 10 heteroatoms. The summed E-state index contributed by atoms with van der Waals surface area (Å²) < 4.78 is 41.1. The van der Waals surface area contributed by atoms with Gasteiger partial charge in [-0.05, 0) is 42.3 Å². The maximum Gasteiger partial charge on any atom is 0.244 e. The fourth-order valence-corrected chi connectivity index (χ4v) is 4.93. The molecular weight excluding hydrogens is 529 g/mol. The Labute approximate surface area is 228 Å². The van der Waals surface area contributed by atoms with Crippen molar-refractivity contribution in [2.24, 2.45) is 0 Å². The minimum Gasteiger partial charge on any atom is -0.354 e. The summed E-state index contributed by atoms with van der Waals surface area (Å²) >= 11 is 5.96. The summed E-state index contributed by atoms with van der Waals surface area (Å²) in [5, 5.41) is 3.24. The average Bonchev–Trinajstić information content (AvgIpc) is 2.89. The molecule has 7 nitrogen and oxygen atoms in total. The van der Waals surface area contributed by atoms with Gasteiger partial charge in [-0.15, -0.1) is 0 Å². The lowest BCUT2D eigenvalue weighted by Gasteiger charge is -2.33. The first-order chi connectivity index (χ1) is 18.1. The van der Waals surface area contributed by atoms with Gasteiger partial charge in [0.2, 0.25) is 21.8 Å². The van der Waals surface area contributed by atoms with Crippen LogP contribution in [0.4, 0.5) is 10.1 Å². The van der Waals surface area contributed by atoms with Crippen LogP contribution in [-0.2, 0) is 32.6 Å². The zero-order valence-corrected chi connectivity index (χ0v) is 22.9. The lowest BCUT2D eigenvalue weighted by atomic mass is 10.0. The monoisotopic (exact) mass is 559 g/mol. The Morgan fingerprint density at radius 2 is 1.61 bits per heavy atom. The number of rotatable bonds is 12. The number of hydrogen-bond acceptors (Lipinski definition) is 4. The Kier molecular flexibility index (Phi) is 10.3. The molecule has 0 aliphatic heterocycles. The van der Waals surface area contributed by atoms with Crippen molar-refractivity contribution in [2.75, 3.05) is 23.7 Å². The number of carbonyl (C=O) groups excluding carboxylic acids is 2. The maximum atomic E-state index is 14.7. The quantitative estimate of drug-likeness (QED) is 0.356. The summed E-state index contributed by atoms with van der Waals surface area (Å²) in [7, 11) is -3.89. The van der Waals surface area contributed by atoms with Crippen molar-refractivity contribution in [3.8, 4) is 0 Å². The summed E-state index contributed by atoms with van der Waals surface area (Å²) in [6.07, 6.45) is 1.84. The lowest BCUT2D eigenvalue weighted by Crippen LogP contribution is -2.53. The van der Waals surface area contributed by atoms with Gasteiger partial charge < -0.3 is 10.2 Å². The molecule has 3 aromatic carbocycles. The predicted octanol–water partition coefficient (Wildman–Crippen LogP) is 4.41. The first-order valence-electron chi connectivity index (χ1n) is 12.2. The number of sulfonamides is 1. The van der Waals surface area contributed by atoms with E-state index >= 15 is 0 Å². The normalized spacial score (nSPS) is 12.0. The van der Waals surface area contributed by atoms with Crippen LogP contribution in [0.15, 0.2) is 78.9 Å². The van der Waals surface area contributed by atoms with Crippen molar-refractivity contribution in [1.29, 1.82) is 0 Å². The first-order valence-corrected chi connectivity index (χ1v) is 14.4. The van der Waals surface area contributed by atoms with Gasteiger partial charge in [0, 0.05) is 30.1 Å². The van der Waals surface area contributed by atoms with E-state index in [1.807, 2.05) is 37.3 Å². The zero-order valence-electron chi connectivity index (χ0n) is 21.3. The highest BCUT2D eigenvalue weighted by atomic mass is 35.5. The molecule has 1 atom stereocenters. The molecule has 0 bridgehead atoms. The van der Waals surface area contributed by atoms with Gasteiger partial charge in [-0.3, -0.25) is 13.9 Å². The second-order valence-corrected chi connectivity index (χ2v) is 11.2. The molecule has 0 heterocycles. The van der Waals surface area contributed by atoms with Crippen molar-refractivity contribution in [2.45, 2.75) is 32.4 Å². The number of amides is 2. The highest BCUT2D eigenvalue weighted by Gasteiger charge is 2.33. The molecule has 0 aromatic heterocycles. The average molecular weight is 560 g/mol. The van der Waals surface area contributed by atoms with Crippen molar-refractivity contribution in [3.63, 3.8) is 0 Å². The van der Waals surface area contributed by atoms with E-state index in [0.717, 1.165) is 16.1 Å². The fourth-order valence-electron chi connectivity index (χ4n) is 3.95. The topological polar surface area (TPSA) is 86.8 Å². The van der Waals surface area contributed by atoms with Gasteiger partial charge in [-0.25, -0.2) is 12.8 Å². The molecule has 0 saturated heterocycles. The van der Waals surface area contributed by atoms with Gasteiger partial charge in [0.15, 0.2) is 0 Å². The SMILES string of the molecule is CCCNC(=O)[C@@H](Cc1ccccc1)N(Cc1ccccc1F)C(=O)CN(c1ccc(Cl)cc1)S(C)(=O)=O. The predicted molar refractivity (Wildman–Crippen MR) is 148 cm³/mol. The molecular formula is C28H31ClFN3O4S. The molecule has 0 radical (unpaired) electrons. The zero-order chi connectivity index (χ0) is 27.7. The van der Waals surface area contributed by atoms with E-state index in [2.05, 4.69) is 5.32 Å². The highest BCUT2D eigenvalue weighted by molar-refractivity contribution is 7.92. The summed E-state index contributed by atoms with van der Waals surface area (Å²) in [4.78, 5) is 28.5. The first kappa shape index (κ1) is 29.1. The third-order valence-corrected chi connectivity index (χ3v) is 7.31. The molecule has 0 saturated carbocycles. The molecule has 0 unspecified atom stereocenters. The number of hydrogen-bond donors (Lipinski definition) is 1. The summed E-state index contributed by atoms with van der Waals surface area (Å²) in [5.74, 6) is -1.59. The van der Waals surface area contributed by atoms with E-state index in [1.54, 1.807) is 6.07 Å². The fraction of sp³-hybridized carbons (Fsp3) is 0.286. The van der Waals surface area contributed by atoms with Crippen LogP contribution in [-0.4, -0.2) is 50.5 Å². The van der Waals surface area contributed by atoms with Crippen LogP contribution < -0.4 is 9.62 Å². The summed E-state index contributed by atoms with van der Waals surface area (Å²) in [5.41, 5.74) is 1.25. The van der Waals surface area contributed by atoms with Gasteiger partial charge in [0.05, 0.1) is 11.9 Å². The van der Waals surface area contributed by atoms with Crippen LogP contribution >= 0.6 is 11.6 Å². The van der Waals surface area contributed by atoms with Crippen molar-refractivity contribution in [3.05, 3.63) is 101 Å². The van der Waals surface area contributed by atoms with Crippen LogP contribution in [0.2, 0.25) is 5.02 Å². The van der Waals surface area contributed by atoms with Gasteiger partial charge >= 0.3 is 0 Å². The minimum atomic E-state index is -3.89. The molecule has 202 valence electrons. The number of nitrogens with zero attached hydrogens (tertiary/aromatic N) is 2. The number of carbonyl (C=O) groups is 2. The highest BCUT2D eigenvalue weighted by Crippen LogP contribution is 2.22. The van der Waals surface area contributed by atoms with E-state index in [-0.39, 0.29) is 24.2 Å². The van der Waals surface area contributed by atoms with Crippen LogP contribution in [0.1, 0.15) is 24.5 Å². The number of nitrogens with one attached hydrogen (secondary N) is 1. The molecule has 1 N–H and O–H groups in total. The second-order valence-electron chi connectivity index (χ2n) is 8.86. The minimum absolute atomic E-state index is 0.163. The molecule has 2 amide bonds. The van der Waals surface area contributed by atoms with Crippen LogP contribution in [0.3, 0.4) is 0 Å². The second kappa shape index (κ2) is 13.4. The van der Waals surface area contributed by atoms with Crippen LogP contribution in [0.25, 0.3) is 0 Å². The summed E-state index contributed by atoms with van der Waals surface area (Å²) in [6, 6.07) is 20.2. The Morgan fingerprint density at radius 1 is 0.974 bits per heavy atom. The molecule has 3 aromatic rings. The van der Waals surface area contributed by atoms with E-state index in [9.17, 15) is 22.4 Å². The van der Waals surface area contributed by atoms with E-state index < -0.39 is 40.2 Å². The van der Waals surface area contributed by atoms with Crippen LogP contribution in [0, 0.1) is 5.82 Å². The van der Waals surface area contributed by atoms with Crippen LogP contribution in [0.5, 0.6) is 0 Å². The molecule has 0 aliphatic rings. The summed E-state index contributed by atoms with van der Waals surface area (Å²) in [6.45, 7) is 1.50. The molecule has 0 fully saturated rings. The Hall–Kier alpha value is -3.43. The molecule has 3 rings (SSSR count). The number of benzene rings is 3. The number of halogens is 2. The van der Waals surface area contributed by atoms with E-state index in [0.29, 0.717) is 18.0 Å². The standard InChI is InChI=1S/C28H31ClFN3O4S/c1-3-17-31-28(35)26(18-21-9-5-4-6-10-21)32(19-22-11-7-8-12-25(22)30)27(34)20-33(38(2,36)37)24-15-13-23(29)14-16-24/h4-16,26H,3,17-20H2,1-2H3,(H,31,35)/t26-/m1/s1. The van der Waals surface area contributed by atoms with E-state index in [1.165, 1.54) is 47.4 Å². The molecule has 38 heavy (non-hydrogen) atoms. The third kappa shape index (κ3) is 8.03. The smallest absolute Gasteiger partial charge is 0.244 e. The lowest BCUT2D eigenvalue weighted by molar-refractivity contribution is -0.140. The van der Waals surface area contributed by atoms with E-state index in [4.69, 9.17) is 11.6 Å². The van der Waals surface area contributed by atoms with Crippen molar-refractivity contribution < 1.29 is 22.4 Å². The van der Waals surface area contributed by atoms with Gasteiger partial charge in [0.1, 0.15) is 18.4 Å². The number of anilines is 1. The van der Waals surface area contributed by atoms with Crippen molar-refractivity contribution >= 4 is 39.1 Å². The van der Waals surface area contributed by atoms with Gasteiger partial charge in [-0.1, -0.05) is 67.1 Å². The molecule has 0 aliphatic carbocycles. The third-order valence-electron chi connectivity index (χ3n) is 5.91. The maximum absolute atomic E-state index is 14.7. The Balaban J connectivity index is 2.04. The van der Waals surface area contributed by atoms with Gasteiger partial charge in [0.25, 0.3) is 0 Å².